The van der Waals surface area contributed by atoms with Crippen LogP contribution in [0.2, 0.25) is 0 Å². The second-order valence-electron chi connectivity index (χ2n) is 10.3. The van der Waals surface area contributed by atoms with Crippen molar-refractivity contribution in [2.24, 2.45) is 4.99 Å². The van der Waals surface area contributed by atoms with Gasteiger partial charge >= 0.3 is 6.03 Å². The molecule has 3 heterocycles. The van der Waals surface area contributed by atoms with Gasteiger partial charge in [-0.15, -0.1) is 0 Å². The van der Waals surface area contributed by atoms with Gasteiger partial charge in [0.05, 0.1) is 38.2 Å². The number of urea groups is 1. The number of nitrogens with zero attached hydrogens (tertiary/aromatic N) is 6. The molecule has 0 bridgehead atoms. The molecule has 1 unspecified atom stereocenters. The Morgan fingerprint density at radius 2 is 1.95 bits per heavy atom. The maximum atomic E-state index is 14.0. The lowest BCUT2D eigenvalue weighted by Crippen LogP contribution is -2.56. The van der Waals surface area contributed by atoms with E-state index in [0.717, 1.165) is 33.5 Å². The zero-order valence-corrected chi connectivity index (χ0v) is 24.0. The molecule has 3 amide bonds. The minimum atomic E-state index is -0.714. The Hall–Kier alpha value is -4.45. The number of benzene rings is 2. The second-order valence-corrected chi connectivity index (χ2v) is 10.3. The van der Waals surface area contributed by atoms with E-state index in [1.54, 1.807) is 12.0 Å². The third-order valence-corrected chi connectivity index (χ3v) is 7.53. The smallest absolute Gasteiger partial charge is 0.326 e. The van der Waals surface area contributed by atoms with Crippen molar-refractivity contribution >= 4 is 23.5 Å². The number of hydroxylamine groups is 2. The molecule has 2 aliphatic rings. The molecule has 3 aromatic rings. The van der Waals surface area contributed by atoms with Gasteiger partial charge in [0.25, 0.3) is 5.91 Å². The predicted octanol–water partition coefficient (Wildman–Crippen LogP) is 4.12. The zero-order chi connectivity index (χ0) is 29.3. The molecular weight excluding hydrogens is 526 g/mol. The fourth-order valence-electron chi connectivity index (χ4n) is 5.68. The van der Waals surface area contributed by atoms with Crippen LogP contribution < -0.4 is 9.47 Å². The van der Waals surface area contributed by atoms with Gasteiger partial charge in [-0.1, -0.05) is 17.7 Å². The summed E-state index contributed by atoms with van der Waals surface area (Å²) < 4.78 is 11.4. The number of aliphatic imine (C=N–C) groups is 1. The summed E-state index contributed by atoms with van der Waals surface area (Å²) in [5, 5.41) is 20.7. The summed E-state index contributed by atoms with van der Waals surface area (Å²) in [4.78, 5) is 35.0. The van der Waals surface area contributed by atoms with Gasteiger partial charge in [0, 0.05) is 19.5 Å². The highest BCUT2D eigenvalue weighted by molar-refractivity contribution is 6.02. The number of H-pyrrole nitrogens is 1. The summed E-state index contributed by atoms with van der Waals surface area (Å²) in [5.74, 6) is 1.15. The Labute approximate surface area is 238 Å². The number of aromatic amines is 1. The highest BCUT2D eigenvalue weighted by atomic mass is 16.5. The second kappa shape index (κ2) is 11.6. The summed E-state index contributed by atoms with van der Waals surface area (Å²) >= 11 is 0. The maximum Gasteiger partial charge on any atom is 0.326 e. The molecule has 0 saturated carbocycles. The fourth-order valence-corrected chi connectivity index (χ4v) is 5.68. The van der Waals surface area contributed by atoms with Crippen molar-refractivity contribution in [3.63, 3.8) is 0 Å². The number of ether oxygens (including phenoxy) is 2. The molecule has 5 rings (SSSR count). The molecule has 1 atom stereocenters. The summed E-state index contributed by atoms with van der Waals surface area (Å²) in [7, 11) is 1.61. The molecule has 41 heavy (non-hydrogen) atoms. The number of nitrogens with one attached hydrogen (secondary N) is 1. The molecule has 0 aliphatic carbocycles. The fraction of sp³-hybridized carbons (Fsp3) is 0.414. The number of rotatable bonds is 8. The Balaban J connectivity index is 1.51. The SMILES string of the molecule is CCOc1cc2c(cc1OC)C1CC(=Nc3c(C)cc(C)cc3C)N(CCN(O)C(=O)c3cn[nH]n3)C(=O)N1CC2. The largest absolute Gasteiger partial charge is 0.493 e. The van der Waals surface area contributed by atoms with E-state index in [1.165, 1.54) is 6.20 Å². The molecule has 12 nitrogen and oxygen atoms in total. The van der Waals surface area contributed by atoms with Gasteiger partial charge in [0.15, 0.2) is 17.2 Å². The molecule has 0 radical (unpaired) electrons. The Morgan fingerprint density at radius 3 is 2.61 bits per heavy atom. The first-order valence-corrected chi connectivity index (χ1v) is 13.7. The Morgan fingerprint density at radius 1 is 1.20 bits per heavy atom. The lowest BCUT2D eigenvalue weighted by molar-refractivity contribution is -0.0599. The standard InChI is InChI=1S/C29H35N7O5/c1-6-41-25-13-20-7-8-34-23(21(20)14-24(25)40-5)15-26(31-27-18(3)11-17(2)12-19(27)4)35(29(34)38)9-10-36(39)28(37)22-16-30-33-32-22/h11-14,16,23,39H,6-10,15H2,1-5H3,(H,30,32,33). The van der Waals surface area contributed by atoms with Crippen LogP contribution in [-0.2, 0) is 6.42 Å². The number of carbonyl (C=O) groups is 2. The van der Waals surface area contributed by atoms with E-state index in [4.69, 9.17) is 14.5 Å². The van der Waals surface area contributed by atoms with Crippen LogP contribution in [-0.4, -0.2) is 86.6 Å². The minimum Gasteiger partial charge on any atom is -0.493 e. The number of carbonyl (C=O) groups excluding carboxylic acids is 2. The third kappa shape index (κ3) is 5.47. The quantitative estimate of drug-likeness (QED) is 0.312. The molecule has 12 heteroatoms. The van der Waals surface area contributed by atoms with E-state index >= 15 is 0 Å². The lowest BCUT2D eigenvalue weighted by atomic mass is 9.88. The number of fused-ring (bicyclic) bond motifs is 3. The predicted molar refractivity (Wildman–Crippen MR) is 151 cm³/mol. The highest BCUT2D eigenvalue weighted by Gasteiger charge is 2.41. The van der Waals surface area contributed by atoms with E-state index in [1.807, 2.05) is 44.7 Å². The number of hydrogen-bond donors (Lipinski definition) is 2. The Kier molecular flexibility index (Phi) is 7.93. The van der Waals surface area contributed by atoms with Crippen molar-refractivity contribution < 1.29 is 24.3 Å². The number of amidine groups is 1. The van der Waals surface area contributed by atoms with Crippen LogP contribution in [0, 0.1) is 20.8 Å². The van der Waals surface area contributed by atoms with Crippen LogP contribution in [0.5, 0.6) is 11.5 Å². The van der Waals surface area contributed by atoms with Crippen molar-refractivity contribution in [3.8, 4) is 11.5 Å². The van der Waals surface area contributed by atoms with Crippen molar-refractivity contribution in [1.82, 2.24) is 30.3 Å². The average molecular weight is 562 g/mol. The van der Waals surface area contributed by atoms with E-state index < -0.39 is 5.91 Å². The van der Waals surface area contributed by atoms with Crippen LogP contribution in [0.15, 0.2) is 35.5 Å². The molecular formula is C29H35N7O5. The molecule has 2 aliphatic heterocycles. The van der Waals surface area contributed by atoms with Crippen LogP contribution in [0.25, 0.3) is 0 Å². The number of aryl methyl sites for hydroxylation is 3. The summed E-state index contributed by atoms with van der Waals surface area (Å²) in [6.07, 6.45) is 2.34. The van der Waals surface area contributed by atoms with Crippen LogP contribution in [0.4, 0.5) is 10.5 Å². The molecule has 1 fully saturated rings. The van der Waals surface area contributed by atoms with Gasteiger partial charge in [0.2, 0.25) is 0 Å². The molecule has 1 saturated heterocycles. The lowest BCUT2D eigenvalue weighted by Gasteiger charge is -2.45. The van der Waals surface area contributed by atoms with Crippen molar-refractivity contribution in [2.75, 3.05) is 33.4 Å². The topological polar surface area (TPSA) is 136 Å². The van der Waals surface area contributed by atoms with E-state index in [-0.39, 0.29) is 30.9 Å². The van der Waals surface area contributed by atoms with Crippen molar-refractivity contribution in [1.29, 1.82) is 0 Å². The van der Waals surface area contributed by atoms with Crippen LogP contribution in [0.1, 0.15) is 57.7 Å². The van der Waals surface area contributed by atoms with Gasteiger partial charge < -0.3 is 14.4 Å². The minimum absolute atomic E-state index is 0.0228. The molecule has 0 spiro atoms. The zero-order valence-electron chi connectivity index (χ0n) is 24.0. The van der Waals surface area contributed by atoms with Gasteiger partial charge in [-0.25, -0.2) is 14.9 Å². The van der Waals surface area contributed by atoms with Crippen LogP contribution in [0.3, 0.4) is 0 Å². The van der Waals surface area contributed by atoms with E-state index in [9.17, 15) is 14.8 Å². The summed E-state index contributed by atoms with van der Waals surface area (Å²) in [6.45, 7) is 8.92. The van der Waals surface area contributed by atoms with Gasteiger partial charge in [0.1, 0.15) is 5.84 Å². The summed E-state index contributed by atoms with van der Waals surface area (Å²) in [6, 6.07) is 7.62. The first kappa shape index (κ1) is 28.1. The monoisotopic (exact) mass is 561 g/mol. The van der Waals surface area contributed by atoms with Crippen molar-refractivity contribution in [3.05, 3.63) is 64.0 Å². The number of hydrogen-bond acceptors (Lipinski definition) is 8. The number of aromatic nitrogens is 3. The number of amides is 3. The highest BCUT2D eigenvalue weighted by Crippen LogP contribution is 2.42. The van der Waals surface area contributed by atoms with E-state index in [2.05, 4.69) is 27.5 Å². The molecule has 2 aromatic carbocycles. The molecule has 216 valence electrons. The van der Waals surface area contributed by atoms with Gasteiger partial charge in [-0.05, 0) is 68.5 Å². The normalized spacial score (nSPS) is 17.4. The van der Waals surface area contributed by atoms with Crippen LogP contribution >= 0.6 is 0 Å². The first-order chi connectivity index (χ1) is 19.7. The molecule has 1 aromatic heterocycles. The maximum absolute atomic E-state index is 14.0. The summed E-state index contributed by atoms with van der Waals surface area (Å²) in [5.41, 5.74) is 6.02. The number of methoxy groups -OCH3 is 1. The Bertz CT molecular complexity index is 1460. The van der Waals surface area contributed by atoms with E-state index in [0.29, 0.717) is 48.4 Å². The average Bonchev–Trinajstić information content (AvgIpc) is 3.49. The first-order valence-electron chi connectivity index (χ1n) is 13.7. The molecule has 2 N–H and O–H groups in total. The van der Waals surface area contributed by atoms with Gasteiger partial charge in [-0.3, -0.25) is 14.9 Å². The third-order valence-electron chi connectivity index (χ3n) is 7.53. The van der Waals surface area contributed by atoms with Gasteiger partial charge in [-0.2, -0.15) is 15.4 Å². The van der Waals surface area contributed by atoms with Crippen molar-refractivity contribution in [2.45, 2.75) is 46.6 Å².